The molecule has 0 spiro atoms. The number of hydrogen-bond donors (Lipinski definition) is 1. The lowest BCUT2D eigenvalue weighted by atomic mass is 10.2. The minimum atomic E-state index is -1.05. The van der Waals surface area contributed by atoms with Gasteiger partial charge >= 0.3 is 0 Å². The number of nitrogens with two attached hydrogens (primary N) is 1. The molecule has 0 radical (unpaired) electrons. The molecule has 0 bridgehead atoms. The van der Waals surface area contributed by atoms with E-state index in [1.807, 2.05) is 12.1 Å². The molecule has 0 aliphatic carbocycles. The standard InChI is InChI=1S/C11H11ClFN/c12-11-7-2-1-4-9(11)5-3-6-10(13)8-14/h1-2,4,7,10H,6,8,14H2. The van der Waals surface area contributed by atoms with Crippen molar-refractivity contribution >= 4 is 11.6 Å². The Morgan fingerprint density at radius 2 is 2.14 bits per heavy atom. The number of halogens is 2. The van der Waals surface area contributed by atoms with E-state index >= 15 is 0 Å². The molecule has 74 valence electrons. The van der Waals surface area contributed by atoms with Gasteiger partial charge in [0.05, 0.1) is 5.02 Å². The third kappa shape index (κ3) is 3.37. The normalized spacial score (nSPS) is 11.6. The predicted octanol–water partition coefficient (Wildman–Crippen LogP) is 2.38. The van der Waals surface area contributed by atoms with E-state index < -0.39 is 6.17 Å². The number of hydrogen-bond acceptors (Lipinski definition) is 1. The zero-order chi connectivity index (χ0) is 10.4. The van der Waals surface area contributed by atoms with Crippen LogP contribution in [0.3, 0.4) is 0 Å². The van der Waals surface area contributed by atoms with E-state index in [1.54, 1.807) is 12.1 Å². The fraction of sp³-hybridized carbons (Fsp3) is 0.273. The van der Waals surface area contributed by atoms with Crippen molar-refractivity contribution < 1.29 is 4.39 Å². The maximum absolute atomic E-state index is 12.7. The average molecular weight is 212 g/mol. The first-order valence-electron chi connectivity index (χ1n) is 4.31. The molecule has 0 aromatic heterocycles. The molecule has 1 aromatic carbocycles. The summed E-state index contributed by atoms with van der Waals surface area (Å²) in [5.74, 6) is 5.50. The molecule has 2 N–H and O–H groups in total. The van der Waals surface area contributed by atoms with Gasteiger partial charge in [-0.05, 0) is 12.1 Å². The van der Waals surface area contributed by atoms with Crippen molar-refractivity contribution in [1.29, 1.82) is 0 Å². The monoisotopic (exact) mass is 211 g/mol. The Morgan fingerprint density at radius 3 is 2.79 bits per heavy atom. The summed E-state index contributed by atoms with van der Waals surface area (Å²) in [6.07, 6.45) is -0.896. The number of benzene rings is 1. The van der Waals surface area contributed by atoms with Gasteiger partial charge in [-0.1, -0.05) is 35.6 Å². The van der Waals surface area contributed by atoms with Crippen LogP contribution < -0.4 is 5.73 Å². The molecule has 14 heavy (non-hydrogen) atoms. The van der Waals surface area contributed by atoms with Crippen LogP contribution in [0.5, 0.6) is 0 Å². The summed E-state index contributed by atoms with van der Waals surface area (Å²) in [4.78, 5) is 0. The highest BCUT2D eigenvalue weighted by Gasteiger charge is 1.99. The summed E-state index contributed by atoms with van der Waals surface area (Å²) in [6.45, 7) is 0.0111. The molecule has 3 heteroatoms. The molecule has 0 aliphatic rings. The van der Waals surface area contributed by atoms with Gasteiger partial charge in [-0.25, -0.2) is 4.39 Å². The van der Waals surface area contributed by atoms with Crippen molar-refractivity contribution in [3.8, 4) is 11.8 Å². The molecule has 1 rings (SSSR count). The van der Waals surface area contributed by atoms with Crippen molar-refractivity contribution in [3.63, 3.8) is 0 Å². The first-order chi connectivity index (χ1) is 6.74. The molecule has 0 fully saturated rings. The lowest BCUT2D eigenvalue weighted by Crippen LogP contribution is -2.13. The topological polar surface area (TPSA) is 26.0 Å². The van der Waals surface area contributed by atoms with Crippen LogP contribution in [0.25, 0.3) is 0 Å². The van der Waals surface area contributed by atoms with Gasteiger partial charge in [0.25, 0.3) is 0 Å². The van der Waals surface area contributed by atoms with Gasteiger partial charge in [0.2, 0.25) is 0 Å². The van der Waals surface area contributed by atoms with E-state index in [0.29, 0.717) is 5.02 Å². The second-order valence-corrected chi connectivity index (χ2v) is 3.23. The third-order valence-corrected chi connectivity index (χ3v) is 2.01. The highest BCUT2D eigenvalue weighted by molar-refractivity contribution is 6.31. The summed E-state index contributed by atoms with van der Waals surface area (Å²) in [7, 11) is 0. The van der Waals surface area contributed by atoms with Crippen LogP contribution in [0.2, 0.25) is 5.02 Å². The SMILES string of the molecule is NCC(F)CC#Cc1ccccc1Cl. The second-order valence-electron chi connectivity index (χ2n) is 2.82. The Morgan fingerprint density at radius 1 is 1.43 bits per heavy atom. The van der Waals surface area contributed by atoms with Crippen molar-refractivity contribution in [1.82, 2.24) is 0 Å². The Labute approximate surface area is 88.1 Å². The fourth-order valence-corrected chi connectivity index (χ4v) is 1.09. The summed E-state index contributed by atoms with van der Waals surface area (Å²) < 4.78 is 12.7. The van der Waals surface area contributed by atoms with Gasteiger partial charge in [0, 0.05) is 18.5 Å². The zero-order valence-corrected chi connectivity index (χ0v) is 8.39. The molecule has 0 heterocycles. The van der Waals surface area contributed by atoms with Gasteiger partial charge in [-0.3, -0.25) is 0 Å². The van der Waals surface area contributed by atoms with Crippen LogP contribution in [0.1, 0.15) is 12.0 Å². The van der Waals surface area contributed by atoms with Gasteiger partial charge in [0.15, 0.2) is 0 Å². The van der Waals surface area contributed by atoms with Crippen molar-refractivity contribution in [2.75, 3.05) is 6.54 Å². The minimum absolute atomic E-state index is 0.0111. The molecule has 0 saturated carbocycles. The molecule has 1 nitrogen and oxygen atoms in total. The molecular weight excluding hydrogens is 201 g/mol. The summed E-state index contributed by atoms with van der Waals surface area (Å²) >= 11 is 5.85. The number of alkyl halides is 1. The van der Waals surface area contributed by atoms with Crippen LogP contribution in [-0.4, -0.2) is 12.7 Å². The predicted molar refractivity (Wildman–Crippen MR) is 56.9 cm³/mol. The lowest BCUT2D eigenvalue weighted by molar-refractivity contribution is 0.349. The van der Waals surface area contributed by atoms with Crippen molar-refractivity contribution in [2.45, 2.75) is 12.6 Å². The first kappa shape index (κ1) is 11.0. The maximum Gasteiger partial charge on any atom is 0.123 e. The quantitative estimate of drug-likeness (QED) is 0.747. The molecule has 0 saturated heterocycles. The van der Waals surface area contributed by atoms with Crippen LogP contribution in [-0.2, 0) is 0 Å². The zero-order valence-electron chi connectivity index (χ0n) is 7.63. The number of rotatable bonds is 2. The fourth-order valence-electron chi connectivity index (χ4n) is 0.903. The lowest BCUT2D eigenvalue weighted by Gasteiger charge is -1.96. The Balaban J connectivity index is 2.64. The summed E-state index contributed by atoms with van der Waals surface area (Å²) in [6, 6.07) is 7.21. The summed E-state index contributed by atoms with van der Waals surface area (Å²) in [5, 5.41) is 0.586. The van der Waals surface area contributed by atoms with E-state index in [-0.39, 0.29) is 13.0 Å². The third-order valence-electron chi connectivity index (χ3n) is 1.68. The Hall–Kier alpha value is -1.04. The molecule has 1 unspecified atom stereocenters. The molecule has 1 aromatic rings. The van der Waals surface area contributed by atoms with Crippen molar-refractivity contribution in [2.24, 2.45) is 5.73 Å². The largest absolute Gasteiger partial charge is 0.328 e. The van der Waals surface area contributed by atoms with Gasteiger partial charge < -0.3 is 5.73 Å². The highest BCUT2D eigenvalue weighted by Crippen LogP contribution is 2.13. The van der Waals surface area contributed by atoms with E-state index in [9.17, 15) is 4.39 Å². The van der Waals surface area contributed by atoms with Gasteiger partial charge in [-0.15, -0.1) is 0 Å². The van der Waals surface area contributed by atoms with Gasteiger partial charge in [0.1, 0.15) is 6.17 Å². The van der Waals surface area contributed by atoms with Gasteiger partial charge in [-0.2, -0.15) is 0 Å². The molecule has 1 atom stereocenters. The van der Waals surface area contributed by atoms with Crippen LogP contribution in [0, 0.1) is 11.8 Å². The summed E-state index contributed by atoms with van der Waals surface area (Å²) in [5.41, 5.74) is 5.83. The van der Waals surface area contributed by atoms with Crippen molar-refractivity contribution in [3.05, 3.63) is 34.9 Å². The Bertz CT molecular complexity index is 354. The average Bonchev–Trinajstić information content (AvgIpc) is 2.20. The first-order valence-corrected chi connectivity index (χ1v) is 4.69. The highest BCUT2D eigenvalue weighted by atomic mass is 35.5. The molecular formula is C11H11ClFN. The minimum Gasteiger partial charge on any atom is -0.328 e. The van der Waals surface area contributed by atoms with Crippen LogP contribution in [0.4, 0.5) is 4.39 Å². The van der Waals surface area contributed by atoms with E-state index in [0.717, 1.165) is 5.56 Å². The maximum atomic E-state index is 12.7. The van der Waals surface area contributed by atoms with Crippen LogP contribution in [0.15, 0.2) is 24.3 Å². The Kier molecular flexibility index (Phi) is 4.45. The molecule has 0 aliphatic heterocycles. The van der Waals surface area contributed by atoms with E-state index in [2.05, 4.69) is 11.8 Å². The van der Waals surface area contributed by atoms with E-state index in [4.69, 9.17) is 17.3 Å². The smallest absolute Gasteiger partial charge is 0.123 e. The molecule has 0 amide bonds. The van der Waals surface area contributed by atoms with E-state index in [1.165, 1.54) is 0 Å². The van der Waals surface area contributed by atoms with Crippen LogP contribution >= 0.6 is 11.6 Å². The second kappa shape index (κ2) is 5.64.